The van der Waals surface area contributed by atoms with Crippen LogP contribution < -0.4 is 9.04 Å². The summed E-state index contributed by atoms with van der Waals surface area (Å²) in [6.07, 6.45) is 0. The molecule has 0 aliphatic rings. The minimum atomic E-state index is -3.75. The van der Waals surface area contributed by atoms with Gasteiger partial charge in [0.05, 0.1) is 12.8 Å². The Morgan fingerprint density at radius 3 is 2.38 bits per heavy atom. The van der Waals surface area contributed by atoms with Crippen LogP contribution in [0.3, 0.4) is 0 Å². The molecule has 2 aromatic carbocycles. The summed E-state index contributed by atoms with van der Waals surface area (Å²) in [5, 5.41) is 0.346. The van der Waals surface area contributed by atoms with Gasteiger partial charge in [0.2, 0.25) is 0 Å². The molecular formula is C15H16ClNO3S. The van der Waals surface area contributed by atoms with Crippen LogP contribution in [-0.2, 0) is 10.0 Å². The van der Waals surface area contributed by atoms with Gasteiger partial charge in [-0.1, -0.05) is 29.8 Å². The van der Waals surface area contributed by atoms with Crippen molar-refractivity contribution >= 4 is 27.3 Å². The summed E-state index contributed by atoms with van der Waals surface area (Å²) < 4.78 is 32.2. The van der Waals surface area contributed by atoms with Crippen molar-refractivity contribution in [1.82, 2.24) is 0 Å². The average Bonchev–Trinajstić information content (AvgIpc) is 2.49. The third-order valence-corrected chi connectivity index (χ3v) is 5.18. The normalized spacial score (nSPS) is 11.2. The van der Waals surface area contributed by atoms with Crippen LogP contribution >= 0.6 is 11.6 Å². The zero-order valence-corrected chi connectivity index (χ0v) is 13.4. The van der Waals surface area contributed by atoms with Gasteiger partial charge in [-0.15, -0.1) is 0 Å². The number of nitrogens with zero attached hydrogens (tertiary/aromatic N) is 1. The number of hydrogen-bond acceptors (Lipinski definition) is 3. The van der Waals surface area contributed by atoms with Gasteiger partial charge in [-0.05, 0) is 37.3 Å². The van der Waals surface area contributed by atoms with Gasteiger partial charge in [-0.2, -0.15) is 0 Å². The highest BCUT2D eigenvalue weighted by Crippen LogP contribution is 2.31. The molecule has 0 aliphatic carbocycles. The maximum absolute atomic E-state index is 12.9. The van der Waals surface area contributed by atoms with Crippen molar-refractivity contribution in [2.75, 3.05) is 18.0 Å². The maximum atomic E-state index is 12.9. The number of para-hydroxylation sites is 1. The predicted molar refractivity (Wildman–Crippen MR) is 84.7 cm³/mol. The van der Waals surface area contributed by atoms with Crippen molar-refractivity contribution in [1.29, 1.82) is 0 Å². The molecule has 0 aromatic heterocycles. The first-order chi connectivity index (χ1) is 10.0. The lowest BCUT2D eigenvalue weighted by Gasteiger charge is -2.24. The highest BCUT2D eigenvalue weighted by atomic mass is 35.5. The molecule has 112 valence electrons. The van der Waals surface area contributed by atoms with Crippen LogP contribution in [-0.4, -0.2) is 22.1 Å². The van der Waals surface area contributed by atoms with E-state index in [1.54, 1.807) is 43.3 Å². The smallest absolute Gasteiger partial charge is 0.268 e. The predicted octanol–water partition coefficient (Wildman–Crippen LogP) is 3.56. The Morgan fingerprint density at radius 2 is 1.81 bits per heavy atom. The largest absolute Gasteiger partial charge is 0.495 e. The standard InChI is InChI=1S/C15H16ClNO3S/c1-3-17(13-7-5-4-6-8-13)21(18,19)15-11-12(16)9-10-14(15)20-2/h4-11H,3H2,1-2H3. The molecule has 21 heavy (non-hydrogen) atoms. The van der Waals surface area contributed by atoms with E-state index < -0.39 is 10.0 Å². The second-order valence-electron chi connectivity index (χ2n) is 4.30. The lowest BCUT2D eigenvalue weighted by atomic mass is 10.3. The molecule has 0 fully saturated rings. The number of ether oxygens (including phenoxy) is 1. The number of hydrogen-bond donors (Lipinski definition) is 0. The fourth-order valence-electron chi connectivity index (χ4n) is 2.06. The molecule has 6 heteroatoms. The molecule has 4 nitrogen and oxygen atoms in total. The van der Waals surface area contributed by atoms with E-state index in [-0.39, 0.29) is 10.6 Å². The topological polar surface area (TPSA) is 46.6 Å². The highest BCUT2D eigenvalue weighted by Gasteiger charge is 2.27. The molecule has 0 saturated carbocycles. The first-order valence-corrected chi connectivity index (χ1v) is 8.24. The molecule has 0 saturated heterocycles. The Balaban J connectivity index is 2.58. The van der Waals surface area contributed by atoms with E-state index in [0.717, 1.165) is 0 Å². The lowest BCUT2D eigenvalue weighted by Crippen LogP contribution is -2.31. The zero-order valence-electron chi connectivity index (χ0n) is 11.8. The Hall–Kier alpha value is -1.72. The number of anilines is 1. The third-order valence-electron chi connectivity index (χ3n) is 3.03. The number of halogens is 1. The number of sulfonamides is 1. The van der Waals surface area contributed by atoms with Gasteiger partial charge in [-0.25, -0.2) is 8.42 Å². The van der Waals surface area contributed by atoms with Crippen LogP contribution in [0.5, 0.6) is 5.75 Å². The highest BCUT2D eigenvalue weighted by molar-refractivity contribution is 7.93. The van der Waals surface area contributed by atoms with Gasteiger partial charge >= 0.3 is 0 Å². The van der Waals surface area contributed by atoms with Crippen molar-refractivity contribution < 1.29 is 13.2 Å². The molecular weight excluding hydrogens is 310 g/mol. The molecule has 0 atom stereocenters. The Kier molecular flexibility index (Phi) is 4.75. The second kappa shape index (κ2) is 6.37. The Labute approximate surface area is 130 Å². The monoisotopic (exact) mass is 325 g/mol. The maximum Gasteiger partial charge on any atom is 0.268 e. The third kappa shape index (κ3) is 3.14. The van der Waals surface area contributed by atoms with Crippen molar-refractivity contribution in [3.05, 3.63) is 53.6 Å². The van der Waals surface area contributed by atoms with Crippen molar-refractivity contribution in [3.63, 3.8) is 0 Å². The van der Waals surface area contributed by atoms with Gasteiger partial charge in [0.15, 0.2) is 0 Å². The summed E-state index contributed by atoms with van der Waals surface area (Å²) in [7, 11) is -2.31. The van der Waals surface area contributed by atoms with Gasteiger partial charge in [0.1, 0.15) is 10.6 Å². The minimum Gasteiger partial charge on any atom is -0.495 e. The zero-order chi connectivity index (χ0) is 15.5. The van der Waals surface area contributed by atoms with Crippen molar-refractivity contribution in [2.24, 2.45) is 0 Å². The van der Waals surface area contributed by atoms with Crippen LogP contribution in [0, 0.1) is 0 Å². The molecule has 0 heterocycles. The molecule has 0 spiro atoms. The van der Waals surface area contributed by atoms with Crippen molar-refractivity contribution in [3.8, 4) is 5.75 Å². The van der Waals surface area contributed by atoms with Crippen LogP contribution in [0.1, 0.15) is 6.92 Å². The van der Waals surface area contributed by atoms with Crippen LogP contribution in [0.25, 0.3) is 0 Å². The molecule has 0 radical (unpaired) electrons. The van der Waals surface area contributed by atoms with E-state index in [1.807, 2.05) is 6.07 Å². The van der Waals surface area contributed by atoms with E-state index in [4.69, 9.17) is 16.3 Å². The molecule has 2 aromatic rings. The fourth-order valence-corrected chi connectivity index (χ4v) is 3.95. The fraction of sp³-hybridized carbons (Fsp3) is 0.200. The summed E-state index contributed by atoms with van der Waals surface area (Å²) >= 11 is 5.94. The van der Waals surface area contributed by atoms with Gasteiger partial charge in [0.25, 0.3) is 10.0 Å². The van der Waals surface area contributed by atoms with Gasteiger partial charge < -0.3 is 4.74 Å². The average molecular weight is 326 g/mol. The first kappa shape index (κ1) is 15.7. The molecule has 0 aliphatic heterocycles. The Bertz CT molecular complexity index is 717. The van der Waals surface area contributed by atoms with Gasteiger partial charge in [-0.3, -0.25) is 4.31 Å². The number of benzene rings is 2. The summed E-state index contributed by atoms with van der Waals surface area (Å²) in [6.45, 7) is 2.09. The quantitative estimate of drug-likeness (QED) is 0.844. The molecule has 0 bridgehead atoms. The summed E-state index contributed by atoms with van der Waals surface area (Å²) in [5.74, 6) is 0.272. The first-order valence-electron chi connectivity index (χ1n) is 6.42. The van der Waals surface area contributed by atoms with E-state index in [9.17, 15) is 8.42 Å². The Morgan fingerprint density at radius 1 is 1.14 bits per heavy atom. The van der Waals surface area contributed by atoms with Crippen LogP contribution in [0.2, 0.25) is 5.02 Å². The number of methoxy groups -OCH3 is 1. The summed E-state index contributed by atoms with van der Waals surface area (Å²) in [6, 6.07) is 13.5. The second-order valence-corrected chi connectivity index (χ2v) is 6.57. The summed E-state index contributed by atoms with van der Waals surface area (Å²) in [5.41, 5.74) is 0.599. The number of rotatable bonds is 5. The molecule has 0 N–H and O–H groups in total. The lowest BCUT2D eigenvalue weighted by molar-refractivity contribution is 0.402. The SMILES string of the molecule is CCN(c1ccccc1)S(=O)(=O)c1cc(Cl)ccc1OC. The molecule has 2 rings (SSSR count). The molecule has 0 unspecified atom stereocenters. The molecule has 0 amide bonds. The van der Waals surface area contributed by atoms with Gasteiger partial charge in [0, 0.05) is 11.6 Å². The van der Waals surface area contributed by atoms with Crippen LogP contribution in [0.4, 0.5) is 5.69 Å². The van der Waals surface area contributed by atoms with Crippen LogP contribution in [0.15, 0.2) is 53.4 Å². The van der Waals surface area contributed by atoms with Crippen molar-refractivity contribution in [2.45, 2.75) is 11.8 Å². The van der Waals surface area contributed by atoms with E-state index >= 15 is 0 Å². The van der Waals surface area contributed by atoms with E-state index in [0.29, 0.717) is 17.3 Å². The summed E-state index contributed by atoms with van der Waals surface area (Å²) in [4.78, 5) is 0.0585. The minimum absolute atomic E-state index is 0.0585. The van der Waals surface area contributed by atoms with E-state index in [2.05, 4.69) is 0 Å². The van der Waals surface area contributed by atoms with E-state index in [1.165, 1.54) is 17.5 Å².